The molecule has 4 fully saturated rings. The maximum absolute atomic E-state index is 6.27. The van der Waals surface area contributed by atoms with Crippen LogP contribution in [0, 0.1) is 23.7 Å². The van der Waals surface area contributed by atoms with Crippen LogP contribution in [0.25, 0.3) is 77.6 Å². The summed E-state index contributed by atoms with van der Waals surface area (Å²) in [6.07, 6.45) is 7.10. The summed E-state index contributed by atoms with van der Waals surface area (Å²) in [5.41, 5.74) is 21.2. The Hall–Kier alpha value is -7.42. The van der Waals surface area contributed by atoms with Gasteiger partial charge in [0.1, 0.15) is 11.2 Å². The fourth-order valence-corrected chi connectivity index (χ4v) is 13.7. The first-order valence-electron chi connectivity index (χ1n) is 24.1. The molecule has 0 N–H and O–H groups in total. The monoisotopic (exact) mass is 847 g/mol. The first-order chi connectivity index (χ1) is 32.7. The Kier molecular flexibility index (Phi) is 8.50. The zero-order valence-electron chi connectivity index (χ0n) is 36.9. The number of hydrogen-bond donors (Lipinski definition) is 0. The maximum atomic E-state index is 6.27. The predicted octanol–water partition coefficient (Wildman–Crippen LogP) is 17.4. The molecule has 0 aliphatic heterocycles. The Morgan fingerprint density at radius 2 is 0.818 bits per heavy atom. The van der Waals surface area contributed by atoms with Crippen molar-refractivity contribution in [1.29, 1.82) is 0 Å². The van der Waals surface area contributed by atoms with Crippen molar-refractivity contribution in [2.75, 3.05) is 4.90 Å². The number of fused-ring (bicyclic) bond motifs is 6. The van der Waals surface area contributed by atoms with Gasteiger partial charge in [0.25, 0.3) is 0 Å². The van der Waals surface area contributed by atoms with Crippen molar-refractivity contribution >= 4 is 39.0 Å². The molecule has 1 spiro atoms. The van der Waals surface area contributed by atoms with E-state index < -0.39 is 0 Å². The van der Waals surface area contributed by atoms with E-state index in [2.05, 4.69) is 205 Å². The topological polar surface area (TPSA) is 16.4 Å². The minimum Gasteiger partial charge on any atom is -0.456 e. The normalized spacial score (nSPS) is 21.1. The Morgan fingerprint density at radius 1 is 0.333 bits per heavy atom. The van der Waals surface area contributed by atoms with E-state index in [0.717, 1.165) is 73.8 Å². The summed E-state index contributed by atoms with van der Waals surface area (Å²) in [7, 11) is 0. The third-order valence-electron chi connectivity index (χ3n) is 16.3. The van der Waals surface area contributed by atoms with Gasteiger partial charge in [0.2, 0.25) is 0 Å². The molecule has 10 aromatic rings. The van der Waals surface area contributed by atoms with Gasteiger partial charge >= 0.3 is 0 Å². The van der Waals surface area contributed by atoms with Crippen LogP contribution in [0.2, 0.25) is 0 Å². The van der Waals surface area contributed by atoms with Gasteiger partial charge < -0.3 is 9.32 Å². The summed E-state index contributed by atoms with van der Waals surface area (Å²) < 4.78 is 6.27. The highest BCUT2D eigenvalue weighted by Gasteiger charge is 2.61. The molecule has 2 heteroatoms. The van der Waals surface area contributed by atoms with Crippen LogP contribution in [0.1, 0.15) is 43.2 Å². The second-order valence-electron chi connectivity index (χ2n) is 19.7. The Labute approximate surface area is 386 Å². The molecule has 1 aromatic heterocycles. The molecule has 1 heterocycles. The molecule has 15 rings (SSSR count). The number of hydrogen-bond acceptors (Lipinski definition) is 2. The second kappa shape index (κ2) is 14.8. The quantitative estimate of drug-likeness (QED) is 0.159. The van der Waals surface area contributed by atoms with Gasteiger partial charge in [-0.05, 0) is 183 Å². The van der Waals surface area contributed by atoms with Crippen molar-refractivity contribution in [3.63, 3.8) is 0 Å². The van der Waals surface area contributed by atoms with Crippen LogP contribution in [-0.2, 0) is 5.41 Å². The van der Waals surface area contributed by atoms with Gasteiger partial charge in [-0.3, -0.25) is 0 Å². The van der Waals surface area contributed by atoms with Crippen LogP contribution < -0.4 is 4.90 Å². The lowest BCUT2D eigenvalue weighted by atomic mass is 9.43. The van der Waals surface area contributed by atoms with Crippen molar-refractivity contribution in [2.24, 2.45) is 23.7 Å². The van der Waals surface area contributed by atoms with Gasteiger partial charge in [-0.15, -0.1) is 0 Å². The Bertz CT molecular complexity index is 3440. The van der Waals surface area contributed by atoms with Crippen molar-refractivity contribution < 1.29 is 4.42 Å². The van der Waals surface area contributed by atoms with Crippen molar-refractivity contribution in [3.8, 4) is 55.6 Å². The van der Waals surface area contributed by atoms with Gasteiger partial charge in [-0.25, -0.2) is 0 Å². The maximum Gasteiger partial charge on any atom is 0.136 e. The number of nitrogens with zero attached hydrogens (tertiary/aromatic N) is 1. The highest BCUT2D eigenvalue weighted by Crippen LogP contribution is 2.69. The Morgan fingerprint density at radius 3 is 1.50 bits per heavy atom. The summed E-state index contributed by atoms with van der Waals surface area (Å²) in [5.74, 6) is 3.42. The fraction of sp³-hybridized carbons (Fsp3) is 0.156. The molecule has 316 valence electrons. The first-order valence-corrected chi connectivity index (χ1v) is 24.1. The third kappa shape index (κ3) is 5.80. The molecule has 66 heavy (non-hydrogen) atoms. The molecule has 0 atom stereocenters. The second-order valence-corrected chi connectivity index (χ2v) is 19.7. The fourth-order valence-electron chi connectivity index (χ4n) is 13.7. The predicted molar refractivity (Wildman–Crippen MR) is 273 cm³/mol. The van der Waals surface area contributed by atoms with Crippen LogP contribution in [0.3, 0.4) is 0 Å². The highest BCUT2D eigenvalue weighted by atomic mass is 16.3. The molecule has 5 aliphatic rings. The number of furan rings is 1. The van der Waals surface area contributed by atoms with E-state index in [-0.39, 0.29) is 5.41 Å². The first kappa shape index (κ1) is 37.9. The zero-order valence-corrected chi connectivity index (χ0v) is 36.9. The zero-order chi connectivity index (χ0) is 43.3. The molecular weight excluding hydrogens is 799 g/mol. The number of anilines is 3. The van der Waals surface area contributed by atoms with E-state index in [1.165, 1.54) is 76.6 Å². The molecule has 0 unspecified atom stereocenters. The SMILES string of the molecule is c1ccc(-c2ccc(N(c3ccc(-c4ccc5c(c4)oc4ccccc45)cc3)c3ccc(-c4ccccc4-c4ccc5c(c4)-c4ccccc4C54C5CC6CC(C5)CC4C6)cc3)cc2)cc1. The molecule has 4 bridgehead atoms. The lowest BCUT2D eigenvalue weighted by molar-refractivity contribution is -0.0399. The average molecular weight is 848 g/mol. The lowest BCUT2D eigenvalue weighted by Crippen LogP contribution is -2.55. The van der Waals surface area contributed by atoms with Gasteiger partial charge in [0.15, 0.2) is 0 Å². The smallest absolute Gasteiger partial charge is 0.136 e. The standard InChI is InChI=1S/C64H49NO/c1-2-10-43(11-3-1)44-18-26-51(27-19-44)65(52-28-20-45(21-29-52)47-24-32-58-57-15-7-9-17-62(57)66-63(58)40-47)53-30-22-46(23-31-53)54-12-4-5-13-55(54)48-25-33-61-59(39-48)56-14-6-8-16-60(56)64(61)49-35-41-34-42(37-49)38-50(64)36-41/h1-33,39-42,49-50H,34-38H2. The summed E-state index contributed by atoms with van der Waals surface area (Å²) in [5, 5.41) is 2.29. The number of para-hydroxylation sites is 1. The van der Waals surface area contributed by atoms with E-state index in [0.29, 0.717) is 0 Å². The van der Waals surface area contributed by atoms with E-state index in [9.17, 15) is 0 Å². The van der Waals surface area contributed by atoms with E-state index in [1.807, 2.05) is 12.1 Å². The van der Waals surface area contributed by atoms with Crippen LogP contribution in [0.4, 0.5) is 17.1 Å². The van der Waals surface area contributed by atoms with Gasteiger partial charge in [-0.2, -0.15) is 0 Å². The molecule has 0 saturated heterocycles. The van der Waals surface area contributed by atoms with Crippen LogP contribution in [-0.4, -0.2) is 0 Å². The van der Waals surface area contributed by atoms with E-state index in [4.69, 9.17) is 4.42 Å². The number of rotatable bonds is 7. The summed E-state index contributed by atoms with van der Waals surface area (Å²) in [6, 6.07) is 78.6. The third-order valence-corrected chi connectivity index (χ3v) is 16.3. The minimum absolute atomic E-state index is 0.186. The minimum atomic E-state index is 0.186. The molecule has 9 aromatic carbocycles. The molecule has 0 radical (unpaired) electrons. The summed E-state index contributed by atoms with van der Waals surface area (Å²) >= 11 is 0. The largest absolute Gasteiger partial charge is 0.456 e. The number of benzene rings is 9. The van der Waals surface area contributed by atoms with Crippen LogP contribution in [0.15, 0.2) is 217 Å². The van der Waals surface area contributed by atoms with Gasteiger partial charge in [0, 0.05) is 33.2 Å². The summed E-state index contributed by atoms with van der Waals surface area (Å²) in [4.78, 5) is 2.37. The highest BCUT2D eigenvalue weighted by molar-refractivity contribution is 6.06. The molecule has 2 nitrogen and oxygen atoms in total. The lowest BCUT2D eigenvalue weighted by Gasteiger charge is -2.61. The summed E-state index contributed by atoms with van der Waals surface area (Å²) in [6.45, 7) is 0. The van der Waals surface area contributed by atoms with Crippen LogP contribution >= 0.6 is 0 Å². The Balaban J connectivity index is 0.820. The van der Waals surface area contributed by atoms with Gasteiger partial charge in [0.05, 0.1) is 0 Å². The van der Waals surface area contributed by atoms with Crippen molar-refractivity contribution in [3.05, 3.63) is 223 Å². The molecule has 4 saturated carbocycles. The van der Waals surface area contributed by atoms with Crippen molar-refractivity contribution in [2.45, 2.75) is 37.5 Å². The van der Waals surface area contributed by atoms with E-state index in [1.54, 1.807) is 11.1 Å². The van der Waals surface area contributed by atoms with Gasteiger partial charge in [-0.1, -0.05) is 152 Å². The van der Waals surface area contributed by atoms with E-state index >= 15 is 0 Å². The molecule has 5 aliphatic carbocycles. The van der Waals surface area contributed by atoms with Crippen molar-refractivity contribution in [1.82, 2.24) is 0 Å². The van der Waals surface area contributed by atoms with Crippen LogP contribution in [0.5, 0.6) is 0 Å². The molecular formula is C64H49NO. The average Bonchev–Trinajstić information content (AvgIpc) is 3.89. The molecule has 0 amide bonds.